The fourth-order valence-electron chi connectivity index (χ4n) is 0.350. The first kappa shape index (κ1) is 7.40. The smallest absolute Gasteiger partial charge is 0.0620 e. The van der Waals surface area contributed by atoms with Crippen molar-refractivity contribution < 1.29 is 0 Å². The molecule has 0 radical (unpaired) electrons. The number of hydrogen-bond donors (Lipinski definition) is 1. The lowest BCUT2D eigenvalue weighted by Crippen LogP contribution is -1.91. The largest absolute Gasteiger partial charge is 0.295 e. The first-order valence-corrected chi connectivity index (χ1v) is 2.95. The molecule has 0 aliphatic rings. The maximum atomic E-state index is 3.79. The molecular formula is C5H13N3. The first-order chi connectivity index (χ1) is 3.91. The van der Waals surface area contributed by atoms with Crippen molar-refractivity contribution in [2.75, 3.05) is 13.6 Å². The number of unbranched alkanes of at least 4 members (excludes halogenated alkanes) is 1. The summed E-state index contributed by atoms with van der Waals surface area (Å²) in [6, 6.07) is 0. The van der Waals surface area contributed by atoms with Gasteiger partial charge in [-0.3, -0.25) is 5.43 Å². The van der Waals surface area contributed by atoms with E-state index >= 15 is 0 Å². The summed E-state index contributed by atoms with van der Waals surface area (Å²) in [5.41, 5.74) is 2.58. The first-order valence-electron chi connectivity index (χ1n) is 2.95. The van der Waals surface area contributed by atoms with Crippen LogP contribution in [0.25, 0.3) is 0 Å². The molecule has 3 nitrogen and oxygen atoms in total. The summed E-state index contributed by atoms with van der Waals surface area (Å²) in [7, 11) is 1.75. The Hall–Kier alpha value is -0.600. The molecule has 0 aromatic carbocycles. The second-order valence-corrected chi connectivity index (χ2v) is 1.54. The Labute approximate surface area is 50.2 Å². The van der Waals surface area contributed by atoms with E-state index < -0.39 is 0 Å². The van der Waals surface area contributed by atoms with E-state index in [0.717, 1.165) is 13.0 Å². The Morgan fingerprint density at radius 3 is 2.75 bits per heavy atom. The normalized spacial score (nSPS) is 10.2. The van der Waals surface area contributed by atoms with E-state index in [1.807, 2.05) is 0 Å². The van der Waals surface area contributed by atoms with Crippen LogP contribution in [-0.2, 0) is 0 Å². The Morgan fingerprint density at radius 1 is 1.50 bits per heavy atom. The molecule has 0 aromatic heterocycles. The van der Waals surface area contributed by atoms with Crippen molar-refractivity contribution in [2.45, 2.75) is 19.8 Å². The molecule has 0 fully saturated rings. The standard InChI is InChI=1S/C5H13N3/c1-3-4-5-7-8-6-2/h3-5H2,1-2H3,(H,6,7). The molecule has 0 saturated carbocycles. The van der Waals surface area contributed by atoms with E-state index in [4.69, 9.17) is 0 Å². The molecule has 0 amide bonds. The summed E-state index contributed by atoms with van der Waals surface area (Å²) in [4.78, 5) is 0. The summed E-state index contributed by atoms with van der Waals surface area (Å²) in [6.45, 7) is 2.98. The zero-order chi connectivity index (χ0) is 6.24. The molecule has 0 saturated heterocycles. The van der Waals surface area contributed by atoms with Gasteiger partial charge in [0.15, 0.2) is 0 Å². The number of nitrogens with zero attached hydrogens (tertiary/aromatic N) is 2. The van der Waals surface area contributed by atoms with E-state index in [-0.39, 0.29) is 0 Å². The predicted molar refractivity (Wildman–Crippen MR) is 33.7 cm³/mol. The topological polar surface area (TPSA) is 36.8 Å². The molecule has 0 bridgehead atoms. The highest BCUT2D eigenvalue weighted by Crippen LogP contribution is 1.85. The maximum absolute atomic E-state index is 3.79. The Kier molecular flexibility index (Phi) is 5.92. The van der Waals surface area contributed by atoms with Crippen molar-refractivity contribution in [3.8, 4) is 0 Å². The third-order valence-corrected chi connectivity index (χ3v) is 0.782. The average molecular weight is 115 g/mol. The SMILES string of the molecule is CCCC/N=N\NC. The molecule has 48 valence electrons. The van der Waals surface area contributed by atoms with Gasteiger partial charge in [0, 0.05) is 7.05 Å². The van der Waals surface area contributed by atoms with Gasteiger partial charge in [-0.05, 0) is 6.42 Å². The molecule has 0 atom stereocenters. The van der Waals surface area contributed by atoms with Crippen LogP contribution in [0.3, 0.4) is 0 Å². The van der Waals surface area contributed by atoms with Crippen molar-refractivity contribution in [3.63, 3.8) is 0 Å². The quantitative estimate of drug-likeness (QED) is 0.335. The number of hydrogen-bond acceptors (Lipinski definition) is 2. The van der Waals surface area contributed by atoms with E-state index in [1.165, 1.54) is 6.42 Å². The van der Waals surface area contributed by atoms with Gasteiger partial charge in [0.1, 0.15) is 0 Å². The van der Waals surface area contributed by atoms with Gasteiger partial charge in [-0.15, -0.1) is 0 Å². The lowest BCUT2D eigenvalue weighted by molar-refractivity contribution is 0.714. The Balaban J connectivity index is 2.80. The van der Waals surface area contributed by atoms with E-state index in [9.17, 15) is 0 Å². The lowest BCUT2D eigenvalue weighted by Gasteiger charge is -1.86. The van der Waals surface area contributed by atoms with Crippen LogP contribution in [0.2, 0.25) is 0 Å². The van der Waals surface area contributed by atoms with Gasteiger partial charge < -0.3 is 0 Å². The minimum Gasteiger partial charge on any atom is -0.295 e. The summed E-state index contributed by atoms with van der Waals surface area (Å²) in [5, 5.41) is 7.38. The molecule has 0 heterocycles. The van der Waals surface area contributed by atoms with Gasteiger partial charge in [-0.2, -0.15) is 5.11 Å². The monoisotopic (exact) mass is 115 g/mol. The maximum Gasteiger partial charge on any atom is 0.0620 e. The zero-order valence-electron chi connectivity index (χ0n) is 5.52. The van der Waals surface area contributed by atoms with Crippen LogP contribution in [0.5, 0.6) is 0 Å². The molecule has 1 N–H and O–H groups in total. The fraction of sp³-hybridized carbons (Fsp3) is 1.00. The summed E-state index contributed by atoms with van der Waals surface area (Å²) in [5.74, 6) is 0. The van der Waals surface area contributed by atoms with Crippen molar-refractivity contribution in [2.24, 2.45) is 10.3 Å². The van der Waals surface area contributed by atoms with Gasteiger partial charge in [-0.25, -0.2) is 0 Å². The molecular weight excluding hydrogens is 102 g/mol. The highest BCUT2D eigenvalue weighted by molar-refractivity contribution is 4.35. The molecule has 0 unspecified atom stereocenters. The second kappa shape index (κ2) is 6.40. The van der Waals surface area contributed by atoms with Gasteiger partial charge in [0.25, 0.3) is 0 Å². The highest BCUT2D eigenvalue weighted by atomic mass is 15.4. The van der Waals surface area contributed by atoms with Crippen molar-refractivity contribution in [1.29, 1.82) is 0 Å². The Bertz CT molecular complexity index is 60.7. The van der Waals surface area contributed by atoms with Crippen LogP contribution < -0.4 is 5.43 Å². The lowest BCUT2D eigenvalue weighted by atomic mass is 10.3. The van der Waals surface area contributed by atoms with Crippen molar-refractivity contribution in [1.82, 2.24) is 5.43 Å². The van der Waals surface area contributed by atoms with Crippen LogP contribution in [0.15, 0.2) is 10.3 Å². The third kappa shape index (κ3) is 5.40. The molecule has 0 spiro atoms. The summed E-state index contributed by atoms with van der Waals surface area (Å²) >= 11 is 0. The summed E-state index contributed by atoms with van der Waals surface area (Å²) < 4.78 is 0. The molecule has 0 aliphatic heterocycles. The Morgan fingerprint density at radius 2 is 2.25 bits per heavy atom. The average Bonchev–Trinajstić information content (AvgIpc) is 1.81. The second-order valence-electron chi connectivity index (χ2n) is 1.54. The van der Waals surface area contributed by atoms with E-state index in [1.54, 1.807) is 7.05 Å². The molecule has 8 heavy (non-hydrogen) atoms. The van der Waals surface area contributed by atoms with Crippen LogP contribution >= 0.6 is 0 Å². The predicted octanol–water partition coefficient (Wildman–Crippen LogP) is 1.37. The minimum absolute atomic E-state index is 0.845. The molecule has 0 aliphatic carbocycles. The third-order valence-electron chi connectivity index (χ3n) is 0.782. The van der Waals surface area contributed by atoms with Gasteiger partial charge in [-0.1, -0.05) is 18.6 Å². The van der Waals surface area contributed by atoms with Crippen LogP contribution in [-0.4, -0.2) is 13.6 Å². The van der Waals surface area contributed by atoms with Gasteiger partial charge in [0.05, 0.1) is 6.54 Å². The molecule has 3 heteroatoms. The van der Waals surface area contributed by atoms with Crippen molar-refractivity contribution in [3.05, 3.63) is 0 Å². The van der Waals surface area contributed by atoms with Crippen molar-refractivity contribution >= 4 is 0 Å². The zero-order valence-corrected chi connectivity index (χ0v) is 5.52. The van der Waals surface area contributed by atoms with Gasteiger partial charge in [0.2, 0.25) is 0 Å². The van der Waals surface area contributed by atoms with E-state index in [2.05, 4.69) is 22.7 Å². The number of nitrogens with one attached hydrogen (secondary N) is 1. The highest BCUT2D eigenvalue weighted by Gasteiger charge is 1.75. The van der Waals surface area contributed by atoms with Gasteiger partial charge >= 0.3 is 0 Å². The summed E-state index contributed by atoms with van der Waals surface area (Å²) in [6.07, 6.45) is 2.31. The molecule has 0 aromatic rings. The minimum atomic E-state index is 0.845. The van der Waals surface area contributed by atoms with Crippen LogP contribution in [0, 0.1) is 0 Å². The number of rotatable bonds is 4. The molecule has 0 rings (SSSR count). The van der Waals surface area contributed by atoms with E-state index in [0.29, 0.717) is 0 Å². The van der Waals surface area contributed by atoms with Crippen LogP contribution in [0.4, 0.5) is 0 Å². The van der Waals surface area contributed by atoms with Crippen LogP contribution in [0.1, 0.15) is 19.8 Å². The fourth-order valence-corrected chi connectivity index (χ4v) is 0.350.